The average Bonchev–Trinajstić information content (AvgIpc) is 2.18. The van der Waals surface area contributed by atoms with Crippen molar-refractivity contribution in [3.63, 3.8) is 0 Å². The number of benzene rings is 1. The van der Waals surface area contributed by atoms with Crippen LogP contribution in [-0.2, 0) is 13.0 Å². The Labute approximate surface area is 97.9 Å². The molecule has 0 aliphatic rings. The number of phenols is 1. The third-order valence-corrected chi connectivity index (χ3v) is 2.52. The summed E-state index contributed by atoms with van der Waals surface area (Å²) in [6.07, 6.45) is 1.95. The molecule has 0 aliphatic heterocycles. The summed E-state index contributed by atoms with van der Waals surface area (Å²) in [5.74, 6) is 0.373. The molecule has 1 aromatic rings. The summed E-state index contributed by atoms with van der Waals surface area (Å²) in [5, 5.41) is 9.71. The molecule has 16 heavy (non-hydrogen) atoms. The highest BCUT2D eigenvalue weighted by molar-refractivity contribution is 5.36. The third kappa shape index (κ3) is 4.21. The molecule has 3 nitrogen and oxygen atoms in total. The van der Waals surface area contributed by atoms with Gasteiger partial charge >= 0.3 is 0 Å². The molecule has 3 heteroatoms. The molecule has 0 amide bonds. The summed E-state index contributed by atoms with van der Waals surface area (Å²) in [6, 6.07) is 6.04. The van der Waals surface area contributed by atoms with Crippen molar-refractivity contribution in [1.29, 1.82) is 0 Å². The van der Waals surface area contributed by atoms with Crippen molar-refractivity contribution in [3.8, 4) is 5.75 Å². The maximum Gasteiger partial charge on any atom is 0.120 e. The molecular weight excluding hydrogens is 200 g/mol. The number of aromatic hydroxyl groups is 1. The van der Waals surface area contributed by atoms with Crippen LogP contribution in [0.1, 0.15) is 24.5 Å². The first-order valence-corrected chi connectivity index (χ1v) is 5.70. The highest BCUT2D eigenvalue weighted by Gasteiger charge is 2.05. The SMILES string of the molecule is C[C@@H](N)CCc1ccc(O)c(CN(C)C)c1. The maximum absolute atomic E-state index is 9.71. The zero-order chi connectivity index (χ0) is 12.1. The predicted octanol–water partition coefficient (Wildman–Crippen LogP) is 1.73. The zero-order valence-corrected chi connectivity index (χ0v) is 10.4. The van der Waals surface area contributed by atoms with Crippen LogP contribution in [0, 0.1) is 0 Å². The average molecular weight is 222 g/mol. The molecule has 0 unspecified atom stereocenters. The number of phenolic OH excluding ortho intramolecular Hbond substituents is 1. The summed E-state index contributed by atoms with van der Waals surface area (Å²) in [4.78, 5) is 2.05. The summed E-state index contributed by atoms with van der Waals surface area (Å²) in [6.45, 7) is 2.78. The molecule has 1 atom stereocenters. The molecule has 0 fully saturated rings. The van der Waals surface area contributed by atoms with E-state index in [1.54, 1.807) is 6.07 Å². The lowest BCUT2D eigenvalue weighted by molar-refractivity contribution is 0.385. The molecule has 1 aromatic carbocycles. The molecule has 0 aromatic heterocycles. The summed E-state index contributed by atoms with van der Waals surface area (Å²) in [7, 11) is 3.99. The number of aryl methyl sites for hydroxylation is 1. The van der Waals surface area contributed by atoms with E-state index >= 15 is 0 Å². The van der Waals surface area contributed by atoms with Crippen LogP contribution < -0.4 is 5.73 Å². The van der Waals surface area contributed by atoms with E-state index in [0.717, 1.165) is 24.9 Å². The lowest BCUT2D eigenvalue weighted by atomic mass is 10.0. The number of nitrogens with two attached hydrogens (primary N) is 1. The molecule has 0 heterocycles. The molecular formula is C13H22N2O. The van der Waals surface area contributed by atoms with E-state index in [4.69, 9.17) is 5.73 Å². The van der Waals surface area contributed by atoms with Crippen molar-refractivity contribution in [2.45, 2.75) is 32.4 Å². The summed E-state index contributed by atoms with van der Waals surface area (Å²) >= 11 is 0. The van der Waals surface area contributed by atoms with Gasteiger partial charge in [-0.1, -0.05) is 12.1 Å². The molecule has 90 valence electrons. The Hall–Kier alpha value is -1.06. The van der Waals surface area contributed by atoms with Gasteiger partial charge in [-0.3, -0.25) is 0 Å². The lowest BCUT2D eigenvalue weighted by Crippen LogP contribution is -2.15. The minimum absolute atomic E-state index is 0.228. The minimum atomic E-state index is 0.228. The second-order valence-electron chi connectivity index (χ2n) is 4.72. The van der Waals surface area contributed by atoms with Gasteiger partial charge in [0.25, 0.3) is 0 Å². The van der Waals surface area contributed by atoms with Gasteiger partial charge in [0.05, 0.1) is 0 Å². The summed E-state index contributed by atoms with van der Waals surface area (Å²) in [5.41, 5.74) is 7.95. The van der Waals surface area contributed by atoms with Crippen molar-refractivity contribution in [3.05, 3.63) is 29.3 Å². The summed E-state index contributed by atoms with van der Waals surface area (Å²) < 4.78 is 0. The van der Waals surface area contributed by atoms with Crippen molar-refractivity contribution in [2.24, 2.45) is 5.73 Å². The van der Waals surface area contributed by atoms with Crippen molar-refractivity contribution in [2.75, 3.05) is 14.1 Å². The molecule has 1 rings (SSSR count). The van der Waals surface area contributed by atoms with E-state index in [1.807, 2.05) is 32.0 Å². The van der Waals surface area contributed by atoms with Gasteiger partial charge < -0.3 is 15.7 Å². The van der Waals surface area contributed by atoms with Crippen LogP contribution in [-0.4, -0.2) is 30.1 Å². The Bertz CT molecular complexity index is 335. The Kier molecular flexibility index (Phi) is 4.77. The fourth-order valence-electron chi connectivity index (χ4n) is 1.66. The van der Waals surface area contributed by atoms with Crippen molar-refractivity contribution >= 4 is 0 Å². The Morgan fingerprint density at radius 1 is 1.38 bits per heavy atom. The second kappa shape index (κ2) is 5.87. The highest BCUT2D eigenvalue weighted by atomic mass is 16.3. The highest BCUT2D eigenvalue weighted by Crippen LogP contribution is 2.20. The van der Waals surface area contributed by atoms with Crippen molar-refractivity contribution in [1.82, 2.24) is 4.90 Å². The maximum atomic E-state index is 9.71. The van der Waals surface area contributed by atoms with Gasteiger partial charge in [-0.2, -0.15) is 0 Å². The van der Waals surface area contributed by atoms with Gasteiger partial charge in [-0.05, 0) is 45.5 Å². The van der Waals surface area contributed by atoms with Crippen LogP contribution >= 0.6 is 0 Å². The second-order valence-corrected chi connectivity index (χ2v) is 4.72. The van der Waals surface area contributed by atoms with Gasteiger partial charge in [0.1, 0.15) is 5.75 Å². The van der Waals surface area contributed by atoms with Gasteiger partial charge in [-0.15, -0.1) is 0 Å². The molecule has 0 bridgehead atoms. The Morgan fingerprint density at radius 3 is 2.62 bits per heavy atom. The van der Waals surface area contributed by atoms with Crippen LogP contribution in [0.15, 0.2) is 18.2 Å². The quantitative estimate of drug-likeness (QED) is 0.797. The zero-order valence-electron chi connectivity index (χ0n) is 10.4. The first kappa shape index (κ1) is 13.0. The molecule has 0 radical (unpaired) electrons. The van der Waals surface area contributed by atoms with E-state index in [9.17, 15) is 5.11 Å². The number of hydrogen-bond acceptors (Lipinski definition) is 3. The molecule has 0 spiro atoms. The number of nitrogens with zero attached hydrogens (tertiary/aromatic N) is 1. The van der Waals surface area contributed by atoms with Crippen LogP contribution in [0.3, 0.4) is 0 Å². The van der Waals surface area contributed by atoms with Crippen LogP contribution in [0.25, 0.3) is 0 Å². The largest absolute Gasteiger partial charge is 0.508 e. The molecule has 0 saturated carbocycles. The van der Waals surface area contributed by atoms with E-state index in [0.29, 0.717) is 5.75 Å². The monoisotopic (exact) mass is 222 g/mol. The molecule has 3 N–H and O–H groups in total. The normalized spacial score (nSPS) is 13.1. The fourth-order valence-corrected chi connectivity index (χ4v) is 1.66. The van der Waals surface area contributed by atoms with Crippen LogP contribution in [0.5, 0.6) is 5.75 Å². The van der Waals surface area contributed by atoms with E-state index in [2.05, 4.69) is 6.07 Å². The Balaban J connectivity index is 2.73. The van der Waals surface area contributed by atoms with Crippen LogP contribution in [0.4, 0.5) is 0 Å². The lowest BCUT2D eigenvalue weighted by Gasteiger charge is -2.13. The minimum Gasteiger partial charge on any atom is -0.508 e. The number of rotatable bonds is 5. The van der Waals surface area contributed by atoms with Gasteiger partial charge in [-0.25, -0.2) is 0 Å². The first-order valence-electron chi connectivity index (χ1n) is 5.70. The van der Waals surface area contributed by atoms with Gasteiger partial charge in [0.2, 0.25) is 0 Å². The van der Waals surface area contributed by atoms with Crippen molar-refractivity contribution < 1.29 is 5.11 Å². The smallest absolute Gasteiger partial charge is 0.120 e. The number of hydrogen-bond donors (Lipinski definition) is 2. The third-order valence-electron chi connectivity index (χ3n) is 2.52. The van der Waals surface area contributed by atoms with E-state index in [-0.39, 0.29) is 6.04 Å². The fraction of sp³-hybridized carbons (Fsp3) is 0.538. The van der Waals surface area contributed by atoms with Gasteiger partial charge in [0.15, 0.2) is 0 Å². The first-order chi connectivity index (χ1) is 7.49. The van der Waals surface area contributed by atoms with Gasteiger partial charge in [0, 0.05) is 18.2 Å². The molecule has 0 saturated heterocycles. The Morgan fingerprint density at radius 2 is 2.06 bits per heavy atom. The van der Waals surface area contributed by atoms with E-state index in [1.165, 1.54) is 5.56 Å². The van der Waals surface area contributed by atoms with E-state index < -0.39 is 0 Å². The topological polar surface area (TPSA) is 49.5 Å². The molecule has 0 aliphatic carbocycles. The predicted molar refractivity (Wildman–Crippen MR) is 67.5 cm³/mol. The standard InChI is InChI=1S/C13H22N2O/c1-10(14)4-5-11-6-7-13(16)12(8-11)9-15(2)3/h6-8,10,16H,4-5,9,14H2,1-3H3/t10-/m1/s1. The van der Waals surface area contributed by atoms with Crippen LogP contribution in [0.2, 0.25) is 0 Å².